The van der Waals surface area contributed by atoms with E-state index in [0.29, 0.717) is 19.6 Å². The normalized spacial score (nSPS) is 11.4. The lowest BCUT2D eigenvalue weighted by molar-refractivity contribution is -0.121. The van der Waals surface area contributed by atoms with Gasteiger partial charge in [-0.15, -0.1) is 0 Å². The Bertz CT molecular complexity index is 838. The smallest absolute Gasteiger partial charge is 0.242 e. The summed E-state index contributed by atoms with van der Waals surface area (Å²) in [5, 5.41) is 2.86. The minimum atomic E-state index is -3.52. The van der Waals surface area contributed by atoms with E-state index in [4.69, 9.17) is 4.74 Å². The van der Waals surface area contributed by atoms with Gasteiger partial charge in [0.05, 0.1) is 11.5 Å². The Kier molecular flexibility index (Phi) is 7.82. The molecule has 1 amide bonds. The molecular weight excluding hydrogens is 364 g/mol. The SMILES string of the molecule is CCOc1ccccc1CNC(=O)CCCN(C)S(=O)(=O)c1ccccc1. The van der Waals surface area contributed by atoms with E-state index < -0.39 is 10.0 Å². The highest BCUT2D eigenvalue weighted by molar-refractivity contribution is 7.89. The molecule has 0 bridgehead atoms. The van der Waals surface area contributed by atoms with Gasteiger partial charge in [-0.05, 0) is 31.5 Å². The third-order valence-electron chi connectivity index (χ3n) is 4.08. The van der Waals surface area contributed by atoms with E-state index in [9.17, 15) is 13.2 Å². The molecule has 2 aromatic rings. The summed E-state index contributed by atoms with van der Waals surface area (Å²) in [7, 11) is -1.99. The molecule has 0 fully saturated rings. The van der Waals surface area contributed by atoms with Gasteiger partial charge in [0, 0.05) is 32.1 Å². The van der Waals surface area contributed by atoms with Crippen LogP contribution in [0.2, 0.25) is 0 Å². The number of para-hydroxylation sites is 1. The summed E-state index contributed by atoms with van der Waals surface area (Å²) in [5.74, 6) is 0.640. The molecule has 0 aromatic heterocycles. The fourth-order valence-corrected chi connectivity index (χ4v) is 3.81. The van der Waals surface area contributed by atoms with Crippen LogP contribution >= 0.6 is 0 Å². The number of benzene rings is 2. The van der Waals surface area contributed by atoms with Crippen LogP contribution in [0.4, 0.5) is 0 Å². The Hall–Kier alpha value is -2.38. The number of amides is 1. The monoisotopic (exact) mass is 390 g/mol. The van der Waals surface area contributed by atoms with Crippen LogP contribution in [0.3, 0.4) is 0 Å². The first-order valence-corrected chi connectivity index (χ1v) is 10.4. The van der Waals surface area contributed by atoms with Crippen LogP contribution in [-0.4, -0.2) is 38.8 Å². The van der Waals surface area contributed by atoms with Gasteiger partial charge in [-0.2, -0.15) is 0 Å². The number of rotatable bonds is 10. The van der Waals surface area contributed by atoms with E-state index >= 15 is 0 Å². The highest BCUT2D eigenvalue weighted by Gasteiger charge is 2.20. The number of carbonyl (C=O) groups is 1. The van der Waals surface area contributed by atoms with Crippen molar-refractivity contribution in [1.29, 1.82) is 0 Å². The predicted octanol–water partition coefficient (Wildman–Crippen LogP) is 2.80. The fourth-order valence-electron chi connectivity index (χ4n) is 2.58. The van der Waals surface area contributed by atoms with Gasteiger partial charge in [0.2, 0.25) is 15.9 Å². The van der Waals surface area contributed by atoms with Crippen molar-refractivity contribution in [3.8, 4) is 5.75 Å². The van der Waals surface area contributed by atoms with Crippen molar-refractivity contribution in [1.82, 2.24) is 9.62 Å². The number of hydrogen-bond donors (Lipinski definition) is 1. The molecule has 6 nitrogen and oxygen atoms in total. The number of sulfonamides is 1. The number of nitrogens with zero attached hydrogens (tertiary/aromatic N) is 1. The lowest BCUT2D eigenvalue weighted by Crippen LogP contribution is -2.29. The van der Waals surface area contributed by atoms with Crippen molar-refractivity contribution >= 4 is 15.9 Å². The first-order valence-electron chi connectivity index (χ1n) is 8.94. The van der Waals surface area contributed by atoms with Crippen molar-refractivity contribution in [3.63, 3.8) is 0 Å². The number of ether oxygens (including phenoxy) is 1. The van der Waals surface area contributed by atoms with Gasteiger partial charge < -0.3 is 10.1 Å². The number of hydrogen-bond acceptors (Lipinski definition) is 4. The molecule has 0 saturated heterocycles. The van der Waals surface area contributed by atoms with E-state index in [1.165, 1.54) is 11.4 Å². The number of nitrogens with one attached hydrogen (secondary N) is 1. The zero-order chi connectivity index (χ0) is 19.7. The van der Waals surface area contributed by atoms with Crippen LogP contribution in [-0.2, 0) is 21.4 Å². The molecule has 0 aliphatic rings. The molecule has 0 spiro atoms. The van der Waals surface area contributed by atoms with Crippen molar-refractivity contribution in [2.45, 2.75) is 31.2 Å². The molecule has 0 aliphatic carbocycles. The van der Waals surface area contributed by atoms with Gasteiger partial charge in [0.15, 0.2) is 0 Å². The second kappa shape index (κ2) is 10.1. The predicted molar refractivity (Wildman–Crippen MR) is 105 cm³/mol. The van der Waals surface area contributed by atoms with Crippen LogP contribution in [0.5, 0.6) is 5.75 Å². The molecule has 146 valence electrons. The van der Waals surface area contributed by atoms with Crippen LogP contribution in [0, 0.1) is 0 Å². The molecule has 0 atom stereocenters. The van der Waals surface area contributed by atoms with E-state index in [2.05, 4.69) is 5.32 Å². The quantitative estimate of drug-likeness (QED) is 0.677. The molecule has 0 heterocycles. The maximum Gasteiger partial charge on any atom is 0.242 e. The molecule has 7 heteroatoms. The van der Waals surface area contributed by atoms with Crippen LogP contribution in [0.25, 0.3) is 0 Å². The first kappa shape index (κ1) is 20.9. The third kappa shape index (κ3) is 6.08. The Labute approximate surface area is 161 Å². The molecule has 0 radical (unpaired) electrons. The Morgan fingerprint density at radius 1 is 1.07 bits per heavy atom. The van der Waals surface area contributed by atoms with E-state index in [-0.39, 0.29) is 23.8 Å². The van der Waals surface area contributed by atoms with Gasteiger partial charge in [0.25, 0.3) is 0 Å². The minimum Gasteiger partial charge on any atom is -0.494 e. The summed E-state index contributed by atoms with van der Waals surface area (Å²) in [6.45, 7) is 3.13. The standard InChI is InChI=1S/C20H26N2O4S/c1-3-26-19-13-8-7-10-17(19)16-21-20(23)14-9-15-22(2)27(24,25)18-11-5-4-6-12-18/h4-8,10-13H,3,9,14-16H2,1-2H3,(H,21,23). The molecule has 1 N–H and O–H groups in total. The molecule has 0 aliphatic heterocycles. The molecule has 2 rings (SSSR count). The van der Waals surface area contributed by atoms with E-state index in [1.54, 1.807) is 30.3 Å². The van der Waals surface area contributed by atoms with Gasteiger partial charge in [-0.1, -0.05) is 36.4 Å². The number of carbonyl (C=O) groups excluding carboxylic acids is 1. The summed E-state index contributed by atoms with van der Waals surface area (Å²) in [6.07, 6.45) is 0.701. The van der Waals surface area contributed by atoms with Gasteiger partial charge in [-0.25, -0.2) is 12.7 Å². The van der Waals surface area contributed by atoms with Crippen LogP contribution < -0.4 is 10.1 Å². The second-order valence-corrected chi connectivity index (χ2v) is 8.11. The molecular formula is C20H26N2O4S. The molecule has 0 saturated carbocycles. The van der Waals surface area contributed by atoms with Crippen molar-refractivity contribution in [2.75, 3.05) is 20.2 Å². The van der Waals surface area contributed by atoms with Crippen LogP contribution in [0.15, 0.2) is 59.5 Å². The topological polar surface area (TPSA) is 75.7 Å². The zero-order valence-corrected chi connectivity index (χ0v) is 16.5. The van der Waals surface area contributed by atoms with Gasteiger partial charge >= 0.3 is 0 Å². The molecule has 27 heavy (non-hydrogen) atoms. The highest BCUT2D eigenvalue weighted by atomic mass is 32.2. The fraction of sp³-hybridized carbons (Fsp3) is 0.350. The largest absolute Gasteiger partial charge is 0.494 e. The Morgan fingerprint density at radius 3 is 2.44 bits per heavy atom. The van der Waals surface area contributed by atoms with Crippen molar-refractivity contribution in [3.05, 3.63) is 60.2 Å². The lowest BCUT2D eigenvalue weighted by atomic mass is 10.2. The first-order chi connectivity index (χ1) is 12.9. The molecule has 2 aromatic carbocycles. The summed E-state index contributed by atoms with van der Waals surface area (Å²) in [6, 6.07) is 15.8. The molecule has 0 unspecified atom stereocenters. The van der Waals surface area contributed by atoms with E-state index in [1.807, 2.05) is 31.2 Å². The Balaban J connectivity index is 1.79. The second-order valence-electron chi connectivity index (χ2n) is 6.06. The summed E-state index contributed by atoms with van der Waals surface area (Å²) < 4.78 is 31.7. The van der Waals surface area contributed by atoms with Crippen molar-refractivity contribution in [2.24, 2.45) is 0 Å². The van der Waals surface area contributed by atoms with E-state index in [0.717, 1.165) is 11.3 Å². The average Bonchev–Trinajstić information content (AvgIpc) is 2.68. The zero-order valence-electron chi connectivity index (χ0n) is 15.7. The highest BCUT2D eigenvalue weighted by Crippen LogP contribution is 2.17. The summed E-state index contributed by atoms with van der Waals surface area (Å²) in [5.41, 5.74) is 0.913. The Morgan fingerprint density at radius 2 is 1.74 bits per heavy atom. The van der Waals surface area contributed by atoms with Crippen molar-refractivity contribution < 1.29 is 17.9 Å². The maximum absolute atomic E-state index is 12.4. The average molecular weight is 391 g/mol. The summed E-state index contributed by atoms with van der Waals surface area (Å²) >= 11 is 0. The lowest BCUT2D eigenvalue weighted by Gasteiger charge is -2.17. The van der Waals surface area contributed by atoms with Crippen LogP contribution in [0.1, 0.15) is 25.3 Å². The van der Waals surface area contributed by atoms with Gasteiger partial charge in [-0.3, -0.25) is 4.79 Å². The van der Waals surface area contributed by atoms with Gasteiger partial charge in [0.1, 0.15) is 5.75 Å². The third-order valence-corrected chi connectivity index (χ3v) is 5.95. The summed E-state index contributed by atoms with van der Waals surface area (Å²) in [4.78, 5) is 12.3. The maximum atomic E-state index is 12.4. The minimum absolute atomic E-state index is 0.119.